The van der Waals surface area contributed by atoms with Crippen molar-refractivity contribution in [3.05, 3.63) is 30.2 Å². The second kappa shape index (κ2) is 6.00. The van der Waals surface area contributed by atoms with Crippen LogP contribution >= 0.6 is 0 Å². The van der Waals surface area contributed by atoms with E-state index in [1.54, 1.807) is 0 Å². The highest BCUT2D eigenvalue weighted by Gasteiger charge is 2.25. The predicted octanol–water partition coefficient (Wildman–Crippen LogP) is 0.776. The van der Waals surface area contributed by atoms with Crippen LogP contribution in [0.3, 0.4) is 0 Å². The topological polar surface area (TPSA) is 71.3 Å². The maximum absolute atomic E-state index is 12.0. The number of hydrogen-bond donors (Lipinski definition) is 2. The fraction of sp³-hybridized carbons (Fsp3) is 0.500. The van der Waals surface area contributed by atoms with Gasteiger partial charge in [0.15, 0.2) is 5.65 Å². The molecule has 0 radical (unpaired) electrons. The number of carbonyl (C=O) groups excluding carboxylic acids is 1. The molecule has 0 aliphatic carbocycles. The Kier molecular flexibility index (Phi) is 4.34. The molecule has 0 fully saturated rings. The first-order valence-electron chi connectivity index (χ1n) is 6.86. The molecule has 0 aliphatic rings. The summed E-state index contributed by atoms with van der Waals surface area (Å²) < 4.78 is 1.93. The smallest absolute Gasteiger partial charge is 0.239 e. The van der Waals surface area contributed by atoms with Gasteiger partial charge in [0.1, 0.15) is 5.82 Å². The van der Waals surface area contributed by atoms with Crippen LogP contribution in [0.15, 0.2) is 24.4 Å². The lowest BCUT2D eigenvalue weighted by Gasteiger charge is -2.24. The van der Waals surface area contributed by atoms with E-state index < -0.39 is 5.54 Å². The fourth-order valence-electron chi connectivity index (χ4n) is 2.09. The number of nitrogens with zero attached hydrogens (tertiary/aromatic N) is 3. The predicted molar refractivity (Wildman–Crippen MR) is 77.5 cm³/mol. The van der Waals surface area contributed by atoms with Crippen molar-refractivity contribution in [2.24, 2.45) is 0 Å². The highest BCUT2D eigenvalue weighted by molar-refractivity contribution is 5.85. The standard InChI is InChI=1S/C14H21N5O/c1-4-16-14(2,3)13(20)15-9-8-12-18-17-11-7-5-6-10-19(11)12/h5-7,10,16H,4,8-9H2,1-3H3,(H,15,20). The lowest BCUT2D eigenvalue weighted by molar-refractivity contribution is -0.126. The van der Waals surface area contributed by atoms with E-state index in [1.807, 2.05) is 49.6 Å². The van der Waals surface area contributed by atoms with Crippen LogP contribution in [0.4, 0.5) is 0 Å². The molecule has 0 atom stereocenters. The van der Waals surface area contributed by atoms with E-state index in [4.69, 9.17) is 0 Å². The monoisotopic (exact) mass is 275 g/mol. The maximum atomic E-state index is 12.0. The summed E-state index contributed by atoms with van der Waals surface area (Å²) >= 11 is 0. The number of pyridine rings is 1. The van der Waals surface area contributed by atoms with Crippen LogP contribution < -0.4 is 10.6 Å². The van der Waals surface area contributed by atoms with Crippen LogP contribution in [-0.4, -0.2) is 39.1 Å². The molecular weight excluding hydrogens is 254 g/mol. The molecule has 0 bridgehead atoms. The minimum absolute atomic E-state index is 0.00632. The van der Waals surface area contributed by atoms with E-state index in [9.17, 15) is 4.79 Å². The van der Waals surface area contributed by atoms with Gasteiger partial charge in [-0.2, -0.15) is 0 Å². The van der Waals surface area contributed by atoms with Gasteiger partial charge in [0.05, 0.1) is 5.54 Å². The van der Waals surface area contributed by atoms with Crippen LogP contribution in [0.2, 0.25) is 0 Å². The van der Waals surface area contributed by atoms with Crippen molar-refractivity contribution in [3.63, 3.8) is 0 Å². The molecule has 20 heavy (non-hydrogen) atoms. The maximum Gasteiger partial charge on any atom is 0.239 e. The zero-order valence-corrected chi connectivity index (χ0v) is 12.2. The normalized spacial score (nSPS) is 11.8. The summed E-state index contributed by atoms with van der Waals surface area (Å²) in [7, 11) is 0. The molecule has 1 amide bonds. The third-order valence-electron chi connectivity index (χ3n) is 3.20. The Bertz CT molecular complexity index is 590. The van der Waals surface area contributed by atoms with Crippen LogP contribution in [0, 0.1) is 0 Å². The third-order valence-corrected chi connectivity index (χ3v) is 3.20. The Balaban J connectivity index is 1.92. The van der Waals surface area contributed by atoms with E-state index in [2.05, 4.69) is 20.8 Å². The zero-order valence-electron chi connectivity index (χ0n) is 12.2. The van der Waals surface area contributed by atoms with Crippen LogP contribution in [0.25, 0.3) is 5.65 Å². The second-order valence-corrected chi connectivity index (χ2v) is 5.21. The Morgan fingerprint density at radius 3 is 2.90 bits per heavy atom. The van der Waals surface area contributed by atoms with Crippen LogP contribution in [-0.2, 0) is 11.2 Å². The number of aromatic nitrogens is 3. The minimum Gasteiger partial charge on any atom is -0.354 e. The fourth-order valence-corrected chi connectivity index (χ4v) is 2.09. The van der Waals surface area contributed by atoms with Gasteiger partial charge in [-0.1, -0.05) is 13.0 Å². The molecule has 2 aromatic rings. The summed E-state index contributed by atoms with van der Waals surface area (Å²) in [4.78, 5) is 12.0. The van der Waals surface area contributed by atoms with E-state index >= 15 is 0 Å². The summed E-state index contributed by atoms with van der Waals surface area (Å²) in [6, 6.07) is 5.77. The van der Waals surface area contributed by atoms with Gasteiger partial charge in [-0.3, -0.25) is 9.20 Å². The lowest BCUT2D eigenvalue weighted by atomic mass is 10.0. The molecule has 108 valence electrons. The number of likely N-dealkylation sites (N-methyl/N-ethyl adjacent to an activating group) is 1. The second-order valence-electron chi connectivity index (χ2n) is 5.21. The van der Waals surface area contributed by atoms with E-state index in [0.717, 1.165) is 18.0 Å². The summed E-state index contributed by atoms with van der Waals surface area (Å²) in [5.41, 5.74) is 0.267. The SMILES string of the molecule is CCNC(C)(C)C(=O)NCCc1nnc2ccccn12. The number of amides is 1. The highest BCUT2D eigenvalue weighted by Crippen LogP contribution is 2.04. The van der Waals surface area contributed by atoms with Crippen molar-refractivity contribution in [3.8, 4) is 0 Å². The average molecular weight is 275 g/mol. The Morgan fingerprint density at radius 1 is 1.35 bits per heavy atom. The van der Waals surface area contributed by atoms with Gasteiger partial charge in [-0.25, -0.2) is 0 Å². The first-order valence-corrected chi connectivity index (χ1v) is 6.86. The number of carbonyl (C=O) groups is 1. The number of fused-ring (bicyclic) bond motifs is 1. The number of hydrogen-bond acceptors (Lipinski definition) is 4. The third kappa shape index (κ3) is 3.14. The quantitative estimate of drug-likeness (QED) is 0.817. The molecule has 0 saturated heterocycles. The van der Waals surface area contributed by atoms with Crippen molar-refractivity contribution in [1.29, 1.82) is 0 Å². The van der Waals surface area contributed by atoms with E-state index in [0.29, 0.717) is 13.0 Å². The van der Waals surface area contributed by atoms with Crippen molar-refractivity contribution in [2.75, 3.05) is 13.1 Å². The summed E-state index contributed by atoms with van der Waals surface area (Å²) in [6.07, 6.45) is 2.58. The van der Waals surface area contributed by atoms with Crippen molar-refractivity contribution >= 4 is 11.6 Å². The van der Waals surface area contributed by atoms with Crippen molar-refractivity contribution in [2.45, 2.75) is 32.7 Å². The van der Waals surface area contributed by atoms with Gasteiger partial charge in [0.25, 0.3) is 0 Å². The van der Waals surface area contributed by atoms with Crippen molar-refractivity contribution in [1.82, 2.24) is 25.2 Å². The van der Waals surface area contributed by atoms with Gasteiger partial charge in [-0.05, 0) is 32.5 Å². The molecule has 6 heteroatoms. The number of nitrogens with one attached hydrogen (secondary N) is 2. The Hall–Kier alpha value is -1.95. The van der Waals surface area contributed by atoms with Crippen molar-refractivity contribution < 1.29 is 4.79 Å². The number of rotatable bonds is 6. The molecular formula is C14H21N5O. The molecule has 0 aromatic carbocycles. The van der Waals surface area contributed by atoms with Gasteiger partial charge < -0.3 is 10.6 Å². The van der Waals surface area contributed by atoms with Gasteiger partial charge >= 0.3 is 0 Å². The molecule has 0 aliphatic heterocycles. The zero-order chi connectivity index (χ0) is 14.6. The Morgan fingerprint density at radius 2 is 2.15 bits per heavy atom. The summed E-state index contributed by atoms with van der Waals surface area (Å²) in [5.74, 6) is 0.843. The molecule has 0 spiro atoms. The first-order chi connectivity index (χ1) is 9.54. The average Bonchev–Trinajstić information content (AvgIpc) is 2.82. The van der Waals surface area contributed by atoms with E-state index in [1.165, 1.54) is 0 Å². The summed E-state index contributed by atoms with van der Waals surface area (Å²) in [5, 5.41) is 14.3. The van der Waals surface area contributed by atoms with Gasteiger partial charge in [-0.15, -0.1) is 10.2 Å². The van der Waals surface area contributed by atoms with E-state index in [-0.39, 0.29) is 5.91 Å². The Labute approximate surface area is 118 Å². The minimum atomic E-state index is -0.554. The highest BCUT2D eigenvalue weighted by atomic mass is 16.2. The molecule has 2 rings (SSSR count). The molecule has 2 heterocycles. The summed E-state index contributed by atoms with van der Waals surface area (Å²) in [6.45, 7) is 7.03. The molecule has 0 saturated carbocycles. The van der Waals surface area contributed by atoms with Gasteiger partial charge in [0.2, 0.25) is 5.91 Å². The molecule has 2 N–H and O–H groups in total. The van der Waals surface area contributed by atoms with Crippen LogP contribution in [0.1, 0.15) is 26.6 Å². The molecule has 2 aromatic heterocycles. The molecule has 6 nitrogen and oxygen atoms in total. The molecule has 0 unspecified atom stereocenters. The van der Waals surface area contributed by atoms with Crippen LogP contribution in [0.5, 0.6) is 0 Å². The lowest BCUT2D eigenvalue weighted by Crippen LogP contribution is -2.52. The first kappa shape index (κ1) is 14.5. The largest absolute Gasteiger partial charge is 0.354 e. The van der Waals surface area contributed by atoms with Gasteiger partial charge in [0, 0.05) is 19.2 Å².